The molecule has 1 unspecified atom stereocenters. The number of aryl methyl sites for hydroxylation is 2. The molecule has 3 aromatic carbocycles. The van der Waals surface area contributed by atoms with Crippen LogP contribution in [0, 0.1) is 20.8 Å². The van der Waals surface area contributed by atoms with E-state index in [1.165, 1.54) is 0 Å². The van der Waals surface area contributed by atoms with Crippen molar-refractivity contribution in [2.45, 2.75) is 33.4 Å². The van der Waals surface area contributed by atoms with Crippen molar-refractivity contribution in [3.8, 4) is 5.69 Å². The van der Waals surface area contributed by atoms with E-state index in [9.17, 15) is 4.79 Å². The molecule has 1 amide bonds. The molecule has 0 aliphatic heterocycles. The molecule has 0 aliphatic carbocycles. The Labute approximate surface area is 189 Å². The van der Waals surface area contributed by atoms with E-state index in [0.717, 1.165) is 39.5 Å². The van der Waals surface area contributed by atoms with E-state index in [1.54, 1.807) is 0 Å². The van der Waals surface area contributed by atoms with Crippen LogP contribution in [-0.4, -0.2) is 15.7 Å². The molecule has 0 bridgehead atoms. The monoisotopic (exact) mass is 424 g/mol. The summed E-state index contributed by atoms with van der Waals surface area (Å²) in [6, 6.07) is 27.2. The van der Waals surface area contributed by atoms with Crippen molar-refractivity contribution in [1.29, 1.82) is 0 Å². The van der Waals surface area contributed by atoms with Crippen molar-refractivity contribution in [2.75, 3.05) is 5.32 Å². The fourth-order valence-electron chi connectivity index (χ4n) is 3.81. The highest BCUT2D eigenvalue weighted by Crippen LogP contribution is 2.21. The van der Waals surface area contributed by atoms with Gasteiger partial charge in [0, 0.05) is 23.5 Å². The maximum absolute atomic E-state index is 13.2. The maximum Gasteiger partial charge on any atom is 0.246 e. The van der Waals surface area contributed by atoms with Gasteiger partial charge in [-0.1, -0.05) is 66.2 Å². The van der Waals surface area contributed by atoms with Crippen molar-refractivity contribution < 1.29 is 4.79 Å². The summed E-state index contributed by atoms with van der Waals surface area (Å²) >= 11 is 0. The van der Waals surface area contributed by atoms with Crippen LogP contribution in [0.4, 0.5) is 5.69 Å². The second-order valence-corrected chi connectivity index (χ2v) is 7.98. The molecule has 32 heavy (non-hydrogen) atoms. The van der Waals surface area contributed by atoms with Gasteiger partial charge in [-0.15, -0.1) is 0 Å². The Kier molecular flexibility index (Phi) is 6.47. The van der Waals surface area contributed by atoms with Crippen molar-refractivity contribution in [3.63, 3.8) is 0 Å². The van der Waals surface area contributed by atoms with E-state index in [2.05, 4.69) is 17.6 Å². The molecule has 162 valence electrons. The lowest BCUT2D eigenvalue weighted by molar-refractivity contribution is -0.118. The highest BCUT2D eigenvalue weighted by molar-refractivity contribution is 5.95. The number of nitrogens with one attached hydrogen (secondary N) is 2. The average Bonchev–Trinajstić information content (AvgIpc) is 3.10. The summed E-state index contributed by atoms with van der Waals surface area (Å²) in [6.45, 7) is 6.63. The lowest BCUT2D eigenvalue weighted by Gasteiger charge is -2.19. The van der Waals surface area contributed by atoms with Crippen LogP contribution in [0.25, 0.3) is 5.69 Å². The largest absolute Gasteiger partial charge is 0.324 e. The number of carbonyl (C=O) groups excluding carboxylic acids is 1. The third-order valence-corrected chi connectivity index (χ3v) is 5.64. The van der Waals surface area contributed by atoms with Crippen LogP contribution >= 0.6 is 0 Å². The zero-order valence-electron chi connectivity index (χ0n) is 18.7. The van der Waals surface area contributed by atoms with E-state index in [0.29, 0.717) is 6.54 Å². The topological polar surface area (TPSA) is 59.0 Å². The van der Waals surface area contributed by atoms with Gasteiger partial charge in [-0.2, -0.15) is 5.10 Å². The van der Waals surface area contributed by atoms with Gasteiger partial charge >= 0.3 is 0 Å². The maximum atomic E-state index is 13.2. The van der Waals surface area contributed by atoms with E-state index in [1.807, 2.05) is 103 Å². The molecule has 1 aromatic heterocycles. The van der Waals surface area contributed by atoms with E-state index < -0.39 is 6.04 Å². The van der Waals surface area contributed by atoms with Crippen LogP contribution in [0.3, 0.4) is 0 Å². The quantitative estimate of drug-likeness (QED) is 0.425. The van der Waals surface area contributed by atoms with Gasteiger partial charge < -0.3 is 5.32 Å². The first-order chi connectivity index (χ1) is 15.5. The van der Waals surface area contributed by atoms with Crippen LogP contribution in [0.1, 0.15) is 34.1 Å². The summed E-state index contributed by atoms with van der Waals surface area (Å²) < 4.78 is 1.95. The first kappa shape index (κ1) is 21.5. The number of anilines is 1. The number of amides is 1. The second kappa shape index (κ2) is 9.62. The number of aromatic nitrogens is 2. The van der Waals surface area contributed by atoms with Gasteiger partial charge in [-0.05, 0) is 50.6 Å². The highest BCUT2D eigenvalue weighted by Gasteiger charge is 2.22. The van der Waals surface area contributed by atoms with Gasteiger partial charge in [-0.3, -0.25) is 10.1 Å². The zero-order valence-corrected chi connectivity index (χ0v) is 18.7. The minimum atomic E-state index is -0.489. The summed E-state index contributed by atoms with van der Waals surface area (Å²) in [5.41, 5.74) is 6.99. The predicted octanol–water partition coefficient (Wildman–Crippen LogP) is 5.27. The standard InChI is InChI=1S/C27H28N4O/c1-19-14-16-23(17-15-19)29-27(32)26(22-10-6-4-7-11-22)28-18-25-20(2)30-31(21(25)3)24-12-8-5-9-13-24/h4-17,26,28H,18H2,1-3H3,(H,29,32). The lowest BCUT2D eigenvalue weighted by atomic mass is 10.0. The Morgan fingerprint density at radius 2 is 1.50 bits per heavy atom. The molecule has 0 fully saturated rings. The number of benzene rings is 3. The molecule has 1 heterocycles. The van der Waals surface area contributed by atoms with Crippen LogP contribution in [0.2, 0.25) is 0 Å². The Hall–Kier alpha value is -3.70. The molecular formula is C27H28N4O. The Bertz CT molecular complexity index is 1180. The fraction of sp³-hybridized carbons (Fsp3) is 0.185. The molecule has 0 aliphatic rings. The van der Waals surface area contributed by atoms with Crippen LogP contribution in [0.15, 0.2) is 84.9 Å². The van der Waals surface area contributed by atoms with Crippen LogP contribution < -0.4 is 10.6 Å². The number of rotatable bonds is 7. The van der Waals surface area contributed by atoms with E-state index >= 15 is 0 Å². The van der Waals surface area contributed by atoms with Gasteiger partial charge in [-0.25, -0.2) is 4.68 Å². The molecule has 0 saturated carbocycles. The molecule has 0 radical (unpaired) electrons. The third-order valence-electron chi connectivity index (χ3n) is 5.64. The zero-order chi connectivity index (χ0) is 22.5. The van der Waals surface area contributed by atoms with E-state index in [-0.39, 0.29) is 5.91 Å². The number of para-hydroxylation sites is 1. The number of carbonyl (C=O) groups is 1. The normalized spacial score (nSPS) is 11.8. The average molecular weight is 425 g/mol. The molecule has 5 heteroatoms. The number of nitrogens with zero attached hydrogens (tertiary/aromatic N) is 2. The SMILES string of the molecule is Cc1ccc(NC(=O)C(NCc2c(C)nn(-c3ccccc3)c2C)c2ccccc2)cc1. The molecular weight excluding hydrogens is 396 g/mol. The highest BCUT2D eigenvalue weighted by atomic mass is 16.2. The summed E-state index contributed by atoms with van der Waals surface area (Å²) in [7, 11) is 0. The van der Waals surface area contributed by atoms with Gasteiger partial charge in [0.15, 0.2) is 0 Å². The van der Waals surface area contributed by atoms with Crippen molar-refractivity contribution in [1.82, 2.24) is 15.1 Å². The van der Waals surface area contributed by atoms with E-state index in [4.69, 9.17) is 5.10 Å². The van der Waals surface area contributed by atoms with Crippen molar-refractivity contribution >= 4 is 11.6 Å². The van der Waals surface area contributed by atoms with Crippen molar-refractivity contribution in [3.05, 3.63) is 113 Å². The third kappa shape index (κ3) is 4.79. The smallest absolute Gasteiger partial charge is 0.246 e. The number of hydrogen-bond acceptors (Lipinski definition) is 3. The Morgan fingerprint density at radius 1 is 0.875 bits per heavy atom. The lowest BCUT2D eigenvalue weighted by Crippen LogP contribution is -2.33. The number of hydrogen-bond donors (Lipinski definition) is 2. The summed E-state index contributed by atoms with van der Waals surface area (Å²) in [4.78, 5) is 13.2. The Morgan fingerprint density at radius 3 is 2.16 bits per heavy atom. The van der Waals surface area contributed by atoms with Crippen LogP contribution in [-0.2, 0) is 11.3 Å². The molecule has 1 atom stereocenters. The first-order valence-electron chi connectivity index (χ1n) is 10.8. The van der Waals surface area contributed by atoms with Gasteiger partial charge in [0.05, 0.1) is 11.4 Å². The molecule has 4 aromatic rings. The molecule has 5 nitrogen and oxygen atoms in total. The van der Waals surface area contributed by atoms with Crippen LogP contribution in [0.5, 0.6) is 0 Å². The predicted molar refractivity (Wildman–Crippen MR) is 129 cm³/mol. The first-order valence-corrected chi connectivity index (χ1v) is 10.8. The summed E-state index contributed by atoms with van der Waals surface area (Å²) in [5, 5.41) is 11.2. The molecule has 2 N–H and O–H groups in total. The minimum Gasteiger partial charge on any atom is -0.324 e. The molecule has 0 saturated heterocycles. The fourth-order valence-corrected chi connectivity index (χ4v) is 3.81. The minimum absolute atomic E-state index is 0.0918. The summed E-state index contributed by atoms with van der Waals surface area (Å²) in [6.07, 6.45) is 0. The summed E-state index contributed by atoms with van der Waals surface area (Å²) in [5.74, 6) is -0.0918. The van der Waals surface area contributed by atoms with Gasteiger partial charge in [0.25, 0.3) is 0 Å². The van der Waals surface area contributed by atoms with Crippen molar-refractivity contribution in [2.24, 2.45) is 0 Å². The molecule has 4 rings (SSSR count). The second-order valence-electron chi connectivity index (χ2n) is 7.98. The molecule has 0 spiro atoms. The Balaban J connectivity index is 1.57. The van der Waals surface area contributed by atoms with Gasteiger partial charge in [0.2, 0.25) is 5.91 Å². The van der Waals surface area contributed by atoms with Gasteiger partial charge in [0.1, 0.15) is 6.04 Å².